The first kappa shape index (κ1) is 15.6. The number of nitrogens with one attached hydrogen (secondary N) is 2. The zero-order valence-corrected chi connectivity index (χ0v) is 12.2. The van der Waals surface area contributed by atoms with E-state index in [0.717, 1.165) is 6.42 Å². The van der Waals surface area contributed by atoms with Gasteiger partial charge in [0.05, 0.1) is 12.5 Å². The van der Waals surface area contributed by atoms with Gasteiger partial charge < -0.3 is 10.6 Å². The molecule has 0 saturated carbocycles. The summed E-state index contributed by atoms with van der Waals surface area (Å²) >= 11 is 0. The number of nitrogens with zero attached hydrogens (tertiary/aromatic N) is 1. The van der Waals surface area contributed by atoms with Crippen molar-refractivity contribution in [3.05, 3.63) is 42.0 Å². The number of carbonyl (C=O) groups is 3. The largest absolute Gasteiger partial charge is 0.346 e. The molecule has 3 amide bonds. The smallest absolute Gasteiger partial charge is 0.269 e. The van der Waals surface area contributed by atoms with Gasteiger partial charge in [-0.15, -0.1) is 0 Å². The molecule has 1 heterocycles. The molecule has 6 nitrogen and oxygen atoms in total. The maximum atomic E-state index is 11.8. The van der Waals surface area contributed by atoms with E-state index in [2.05, 4.69) is 22.5 Å². The molecule has 22 heavy (non-hydrogen) atoms. The Kier molecular flexibility index (Phi) is 5.19. The Balaban J connectivity index is 1.79. The fourth-order valence-corrected chi connectivity index (χ4v) is 1.90. The van der Waals surface area contributed by atoms with E-state index in [1.165, 1.54) is 23.9 Å². The molecule has 1 unspecified atom stereocenters. The third kappa shape index (κ3) is 4.37. The SMILES string of the molecule is CCc1ccc(NC(=O)CNC(=O)C2C=CC(=O)N=C2)cc1. The fraction of sp³-hybridized carbons (Fsp3) is 0.250. The van der Waals surface area contributed by atoms with Crippen LogP contribution in [0.5, 0.6) is 0 Å². The van der Waals surface area contributed by atoms with Gasteiger partial charge in [0.2, 0.25) is 11.8 Å². The van der Waals surface area contributed by atoms with Crippen molar-refractivity contribution in [2.75, 3.05) is 11.9 Å². The maximum absolute atomic E-state index is 11.8. The minimum atomic E-state index is -0.616. The average Bonchev–Trinajstić information content (AvgIpc) is 2.54. The summed E-state index contributed by atoms with van der Waals surface area (Å²) in [6.45, 7) is 1.92. The predicted molar refractivity (Wildman–Crippen MR) is 83.6 cm³/mol. The first-order valence-electron chi connectivity index (χ1n) is 7.01. The molecular weight excluding hydrogens is 282 g/mol. The van der Waals surface area contributed by atoms with Crippen LogP contribution < -0.4 is 10.6 Å². The highest BCUT2D eigenvalue weighted by atomic mass is 16.2. The lowest BCUT2D eigenvalue weighted by Crippen LogP contribution is -2.37. The molecule has 6 heteroatoms. The number of rotatable bonds is 5. The second-order valence-electron chi connectivity index (χ2n) is 4.82. The standard InChI is InChI=1S/C16H17N3O3/c1-2-11-3-6-13(7-4-11)19-15(21)10-18-16(22)12-5-8-14(20)17-9-12/h3-9,12H,2,10H2,1H3,(H,18,22)(H,19,21). The molecule has 0 aliphatic carbocycles. The van der Waals surface area contributed by atoms with E-state index < -0.39 is 11.8 Å². The quantitative estimate of drug-likeness (QED) is 0.853. The highest BCUT2D eigenvalue weighted by Crippen LogP contribution is 2.09. The summed E-state index contributed by atoms with van der Waals surface area (Å²) in [6, 6.07) is 7.52. The van der Waals surface area contributed by atoms with Crippen molar-refractivity contribution in [2.24, 2.45) is 10.9 Å². The molecule has 2 rings (SSSR count). The van der Waals surface area contributed by atoms with Crippen molar-refractivity contribution in [3.63, 3.8) is 0 Å². The Morgan fingerprint density at radius 2 is 1.95 bits per heavy atom. The van der Waals surface area contributed by atoms with E-state index in [1.54, 1.807) is 0 Å². The summed E-state index contributed by atoms with van der Waals surface area (Å²) in [5.74, 6) is -1.69. The highest BCUT2D eigenvalue weighted by Gasteiger charge is 2.17. The van der Waals surface area contributed by atoms with E-state index in [9.17, 15) is 14.4 Å². The zero-order chi connectivity index (χ0) is 15.9. The number of aliphatic imine (C=N–C) groups is 1. The molecule has 1 aliphatic heterocycles. The van der Waals surface area contributed by atoms with Gasteiger partial charge in [0.1, 0.15) is 0 Å². The van der Waals surface area contributed by atoms with Gasteiger partial charge in [0, 0.05) is 18.0 Å². The van der Waals surface area contributed by atoms with Gasteiger partial charge in [0.25, 0.3) is 5.91 Å². The second kappa shape index (κ2) is 7.31. The molecule has 1 aromatic carbocycles. The summed E-state index contributed by atoms with van der Waals surface area (Å²) < 4.78 is 0. The number of anilines is 1. The van der Waals surface area contributed by atoms with Crippen LogP contribution in [0.15, 0.2) is 41.4 Å². The molecule has 0 aromatic heterocycles. The van der Waals surface area contributed by atoms with Crippen LogP contribution in [0.4, 0.5) is 5.69 Å². The molecule has 0 radical (unpaired) electrons. The third-order valence-corrected chi connectivity index (χ3v) is 3.18. The molecule has 1 aromatic rings. The number of benzene rings is 1. The van der Waals surface area contributed by atoms with Crippen molar-refractivity contribution in [2.45, 2.75) is 13.3 Å². The van der Waals surface area contributed by atoms with E-state index in [4.69, 9.17) is 0 Å². The fourth-order valence-electron chi connectivity index (χ4n) is 1.90. The molecular formula is C16H17N3O3. The Bertz CT molecular complexity index is 617. The lowest BCUT2D eigenvalue weighted by Gasteiger charge is -2.11. The van der Waals surface area contributed by atoms with Crippen molar-refractivity contribution >= 4 is 29.6 Å². The number of hydrogen-bond donors (Lipinski definition) is 2. The van der Waals surface area contributed by atoms with Crippen LogP contribution in [0.3, 0.4) is 0 Å². The normalized spacial score (nSPS) is 16.4. The summed E-state index contributed by atoms with van der Waals surface area (Å²) in [7, 11) is 0. The second-order valence-corrected chi connectivity index (χ2v) is 4.82. The summed E-state index contributed by atoms with van der Waals surface area (Å²) in [6.07, 6.45) is 4.88. The summed E-state index contributed by atoms with van der Waals surface area (Å²) in [4.78, 5) is 38.0. The molecule has 1 atom stereocenters. The lowest BCUT2D eigenvalue weighted by molar-refractivity contribution is -0.124. The van der Waals surface area contributed by atoms with Crippen LogP contribution >= 0.6 is 0 Å². The zero-order valence-electron chi connectivity index (χ0n) is 12.2. The molecule has 114 valence electrons. The van der Waals surface area contributed by atoms with E-state index in [1.807, 2.05) is 24.3 Å². The summed E-state index contributed by atoms with van der Waals surface area (Å²) in [5, 5.41) is 5.20. The lowest BCUT2D eigenvalue weighted by atomic mass is 10.1. The first-order chi connectivity index (χ1) is 10.6. The van der Waals surface area contributed by atoms with Gasteiger partial charge in [-0.25, -0.2) is 4.99 Å². The number of amides is 3. The van der Waals surface area contributed by atoms with Crippen molar-refractivity contribution < 1.29 is 14.4 Å². The van der Waals surface area contributed by atoms with Gasteiger partial charge in [-0.1, -0.05) is 25.1 Å². The maximum Gasteiger partial charge on any atom is 0.269 e. The predicted octanol–water partition coefficient (Wildman–Crippen LogP) is 1.09. The van der Waals surface area contributed by atoms with Gasteiger partial charge in [-0.3, -0.25) is 14.4 Å². The van der Waals surface area contributed by atoms with E-state index in [-0.39, 0.29) is 18.4 Å². The van der Waals surface area contributed by atoms with Crippen LogP contribution in [-0.4, -0.2) is 30.5 Å². The van der Waals surface area contributed by atoms with Crippen molar-refractivity contribution in [1.29, 1.82) is 0 Å². The summed E-state index contributed by atoms with van der Waals surface area (Å²) in [5.41, 5.74) is 1.87. The van der Waals surface area contributed by atoms with Crippen molar-refractivity contribution in [1.82, 2.24) is 5.32 Å². The monoisotopic (exact) mass is 299 g/mol. The van der Waals surface area contributed by atoms with E-state index in [0.29, 0.717) is 5.69 Å². The Hall–Kier alpha value is -2.76. The van der Waals surface area contributed by atoms with Gasteiger partial charge in [-0.05, 0) is 24.1 Å². The van der Waals surface area contributed by atoms with E-state index >= 15 is 0 Å². The molecule has 0 spiro atoms. The average molecular weight is 299 g/mol. The Morgan fingerprint density at radius 1 is 1.23 bits per heavy atom. The molecule has 1 aliphatic rings. The number of aryl methyl sites for hydroxylation is 1. The molecule has 2 N–H and O–H groups in total. The number of dihydropyridines is 1. The minimum absolute atomic E-state index is 0.138. The highest BCUT2D eigenvalue weighted by molar-refractivity contribution is 6.06. The number of hydrogen-bond acceptors (Lipinski definition) is 3. The molecule has 0 fully saturated rings. The van der Waals surface area contributed by atoms with Crippen LogP contribution in [0.25, 0.3) is 0 Å². The molecule has 0 bridgehead atoms. The van der Waals surface area contributed by atoms with Gasteiger partial charge >= 0.3 is 0 Å². The Morgan fingerprint density at radius 3 is 2.55 bits per heavy atom. The topological polar surface area (TPSA) is 87.6 Å². The molecule has 0 saturated heterocycles. The van der Waals surface area contributed by atoms with Gasteiger partial charge in [-0.2, -0.15) is 0 Å². The van der Waals surface area contributed by atoms with Crippen LogP contribution in [0.1, 0.15) is 12.5 Å². The van der Waals surface area contributed by atoms with Crippen LogP contribution in [0, 0.1) is 5.92 Å². The Labute approximate surface area is 128 Å². The van der Waals surface area contributed by atoms with Crippen LogP contribution in [0.2, 0.25) is 0 Å². The van der Waals surface area contributed by atoms with Crippen molar-refractivity contribution in [3.8, 4) is 0 Å². The van der Waals surface area contributed by atoms with Gasteiger partial charge in [0.15, 0.2) is 0 Å². The number of carbonyl (C=O) groups excluding carboxylic acids is 3. The first-order valence-corrected chi connectivity index (χ1v) is 7.01. The van der Waals surface area contributed by atoms with Crippen LogP contribution in [-0.2, 0) is 20.8 Å². The third-order valence-electron chi connectivity index (χ3n) is 3.18. The minimum Gasteiger partial charge on any atom is -0.346 e.